The van der Waals surface area contributed by atoms with Gasteiger partial charge in [-0.1, -0.05) is 12.1 Å². The molecule has 142 valence electrons. The Morgan fingerprint density at radius 3 is 2.78 bits per heavy atom. The predicted octanol–water partition coefficient (Wildman–Crippen LogP) is 2.44. The second kappa shape index (κ2) is 7.79. The summed E-state index contributed by atoms with van der Waals surface area (Å²) in [6.07, 6.45) is 1.28. The van der Waals surface area contributed by atoms with E-state index in [-0.39, 0.29) is 12.1 Å². The zero-order chi connectivity index (χ0) is 18.6. The summed E-state index contributed by atoms with van der Waals surface area (Å²) >= 11 is 0. The van der Waals surface area contributed by atoms with Crippen LogP contribution in [0.3, 0.4) is 0 Å². The van der Waals surface area contributed by atoms with Crippen molar-refractivity contribution in [2.24, 2.45) is 0 Å². The number of nitrogens with one attached hydrogen (secondary N) is 1. The maximum absolute atomic E-state index is 11.7. The number of morpholine rings is 1. The molecule has 2 saturated heterocycles. The van der Waals surface area contributed by atoms with E-state index in [0.717, 1.165) is 31.9 Å². The number of aromatic nitrogens is 2. The zero-order valence-corrected chi connectivity index (χ0v) is 15.3. The van der Waals surface area contributed by atoms with Gasteiger partial charge in [0.2, 0.25) is 5.95 Å². The van der Waals surface area contributed by atoms with Crippen molar-refractivity contribution in [2.75, 3.05) is 54.6 Å². The van der Waals surface area contributed by atoms with Gasteiger partial charge < -0.3 is 19.7 Å². The van der Waals surface area contributed by atoms with Gasteiger partial charge in [-0.2, -0.15) is 4.98 Å². The van der Waals surface area contributed by atoms with Crippen molar-refractivity contribution in [3.63, 3.8) is 0 Å². The van der Waals surface area contributed by atoms with Gasteiger partial charge in [0.25, 0.3) is 0 Å². The van der Waals surface area contributed by atoms with Crippen LogP contribution in [0.15, 0.2) is 36.5 Å². The highest BCUT2D eigenvalue weighted by atomic mass is 16.6. The van der Waals surface area contributed by atoms with E-state index in [2.05, 4.69) is 51.4 Å². The topological polar surface area (TPSA) is 79.8 Å². The minimum Gasteiger partial charge on any atom is -0.447 e. The predicted molar refractivity (Wildman–Crippen MR) is 102 cm³/mol. The molecule has 2 aromatic rings. The summed E-state index contributed by atoms with van der Waals surface area (Å²) in [5, 5.41) is 3.32. The van der Waals surface area contributed by atoms with Gasteiger partial charge in [0.05, 0.1) is 25.8 Å². The fourth-order valence-corrected chi connectivity index (χ4v) is 3.26. The van der Waals surface area contributed by atoms with Crippen LogP contribution in [0, 0.1) is 0 Å². The van der Waals surface area contributed by atoms with Crippen LogP contribution in [-0.2, 0) is 9.47 Å². The minimum absolute atomic E-state index is 0.0202. The Balaban J connectivity index is 1.47. The Morgan fingerprint density at radius 2 is 2.00 bits per heavy atom. The smallest absolute Gasteiger partial charge is 0.415 e. The summed E-state index contributed by atoms with van der Waals surface area (Å²) in [5.41, 5.74) is 2.34. The maximum Gasteiger partial charge on any atom is 0.415 e. The normalized spacial score (nSPS) is 18.3. The molecule has 1 unspecified atom stereocenters. The van der Waals surface area contributed by atoms with Crippen LogP contribution in [0.2, 0.25) is 0 Å². The van der Waals surface area contributed by atoms with Gasteiger partial charge >= 0.3 is 6.09 Å². The molecular formula is C19H23N5O3. The Kier molecular flexibility index (Phi) is 5.06. The highest BCUT2D eigenvalue weighted by molar-refractivity contribution is 5.88. The van der Waals surface area contributed by atoms with Gasteiger partial charge in [0, 0.05) is 25.0 Å². The molecule has 27 heavy (non-hydrogen) atoms. The summed E-state index contributed by atoms with van der Waals surface area (Å²) in [6.45, 7) is 6.29. The molecule has 1 amide bonds. The number of hydrogen-bond acceptors (Lipinski definition) is 7. The van der Waals surface area contributed by atoms with E-state index >= 15 is 0 Å². The van der Waals surface area contributed by atoms with Crippen molar-refractivity contribution < 1.29 is 14.3 Å². The second-order valence-electron chi connectivity index (χ2n) is 6.56. The molecular weight excluding hydrogens is 346 g/mol. The number of carbonyl (C=O) groups excluding carboxylic acids is 1. The SMILES string of the molecule is CC(Nc1nccc(N2CCOC2=O)n1)c1cccc(N2CCOCC2)c1. The van der Waals surface area contributed by atoms with Crippen LogP contribution in [0.25, 0.3) is 0 Å². The first kappa shape index (κ1) is 17.5. The van der Waals surface area contributed by atoms with E-state index in [1.807, 2.05) is 0 Å². The van der Waals surface area contributed by atoms with Gasteiger partial charge in [0.15, 0.2) is 0 Å². The van der Waals surface area contributed by atoms with Crippen LogP contribution < -0.4 is 15.1 Å². The molecule has 2 fully saturated rings. The van der Waals surface area contributed by atoms with E-state index in [1.54, 1.807) is 12.3 Å². The molecule has 2 aliphatic rings. The molecule has 1 aromatic heterocycles. The van der Waals surface area contributed by atoms with Crippen LogP contribution in [-0.4, -0.2) is 55.5 Å². The molecule has 0 bridgehead atoms. The molecule has 0 aliphatic carbocycles. The van der Waals surface area contributed by atoms with Crippen molar-refractivity contribution in [3.8, 4) is 0 Å². The summed E-state index contributed by atoms with van der Waals surface area (Å²) in [4.78, 5) is 24.3. The Bertz CT molecular complexity index is 809. The summed E-state index contributed by atoms with van der Waals surface area (Å²) in [7, 11) is 0. The second-order valence-corrected chi connectivity index (χ2v) is 6.56. The lowest BCUT2D eigenvalue weighted by Crippen LogP contribution is -2.36. The van der Waals surface area contributed by atoms with Crippen LogP contribution in [0.1, 0.15) is 18.5 Å². The number of nitrogens with zero attached hydrogens (tertiary/aromatic N) is 4. The fourth-order valence-electron chi connectivity index (χ4n) is 3.26. The lowest BCUT2D eigenvalue weighted by molar-refractivity contribution is 0.122. The van der Waals surface area contributed by atoms with Crippen molar-refractivity contribution >= 4 is 23.5 Å². The zero-order valence-electron chi connectivity index (χ0n) is 15.3. The van der Waals surface area contributed by atoms with Crippen LogP contribution in [0.4, 0.5) is 22.2 Å². The van der Waals surface area contributed by atoms with Crippen molar-refractivity contribution in [2.45, 2.75) is 13.0 Å². The number of amides is 1. The largest absolute Gasteiger partial charge is 0.447 e. The third kappa shape index (κ3) is 3.95. The molecule has 8 heteroatoms. The van der Waals surface area contributed by atoms with Gasteiger partial charge in [0.1, 0.15) is 12.4 Å². The van der Waals surface area contributed by atoms with Crippen molar-refractivity contribution in [3.05, 3.63) is 42.1 Å². The Morgan fingerprint density at radius 1 is 1.15 bits per heavy atom. The molecule has 4 rings (SSSR count). The van der Waals surface area contributed by atoms with E-state index in [4.69, 9.17) is 9.47 Å². The Hall–Kier alpha value is -2.87. The minimum atomic E-state index is -0.370. The molecule has 8 nitrogen and oxygen atoms in total. The summed E-state index contributed by atoms with van der Waals surface area (Å²) in [5.74, 6) is 1.03. The lowest BCUT2D eigenvalue weighted by atomic mass is 10.1. The maximum atomic E-state index is 11.7. The number of cyclic esters (lactones) is 1. The van der Waals surface area contributed by atoms with E-state index in [1.165, 1.54) is 10.6 Å². The quantitative estimate of drug-likeness (QED) is 0.867. The summed E-state index contributed by atoms with van der Waals surface area (Å²) < 4.78 is 10.4. The van der Waals surface area contributed by atoms with Crippen molar-refractivity contribution in [1.29, 1.82) is 0 Å². The molecule has 0 spiro atoms. The molecule has 2 aliphatic heterocycles. The lowest BCUT2D eigenvalue weighted by Gasteiger charge is -2.29. The first-order chi connectivity index (χ1) is 13.2. The number of rotatable bonds is 5. The number of benzene rings is 1. The standard InChI is InChI=1S/C19H23N5O3/c1-14(15-3-2-4-16(13-15)23-7-10-26-11-8-23)21-18-20-6-5-17(22-18)24-9-12-27-19(24)25/h2-6,13-14H,7-12H2,1H3,(H,20,21,22). The van der Waals surface area contributed by atoms with Gasteiger partial charge in [-0.15, -0.1) is 0 Å². The average Bonchev–Trinajstić information content (AvgIpc) is 3.15. The number of hydrogen-bond donors (Lipinski definition) is 1. The third-order valence-corrected chi connectivity index (χ3v) is 4.77. The van der Waals surface area contributed by atoms with Gasteiger partial charge in [-0.3, -0.25) is 4.90 Å². The fraction of sp³-hybridized carbons (Fsp3) is 0.421. The first-order valence-electron chi connectivity index (χ1n) is 9.17. The monoisotopic (exact) mass is 369 g/mol. The van der Waals surface area contributed by atoms with Gasteiger partial charge in [-0.25, -0.2) is 9.78 Å². The van der Waals surface area contributed by atoms with Crippen LogP contribution in [0.5, 0.6) is 0 Å². The molecule has 1 atom stereocenters. The van der Waals surface area contributed by atoms with E-state index in [0.29, 0.717) is 24.9 Å². The molecule has 1 aromatic carbocycles. The number of carbonyl (C=O) groups is 1. The number of ether oxygens (including phenoxy) is 2. The molecule has 1 N–H and O–H groups in total. The highest BCUT2D eigenvalue weighted by Crippen LogP contribution is 2.24. The average molecular weight is 369 g/mol. The Labute approximate surface area is 158 Å². The number of anilines is 3. The van der Waals surface area contributed by atoms with E-state index in [9.17, 15) is 4.79 Å². The third-order valence-electron chi connectivity index (χ3n) is 4.77. The first-order valence-corrected chi connectivity index (χ1v) is 9.17. The summed E-state index contributed by atoms with van der Waals surface area (Å²) in [6, 6.07) is 10.2. The van der Waals surface area contributed by atoms with Crippen LogP contribution >= 0.6 is 0 Å². The van der Waals surface area contributed by atoms with E-state index < -0.39 is 0 Å². The molecule has 0 saturated carbocycles. The molecule has 0 radical (unpaired) electrons. The van der Waals surface area contributed by atoms with Gasteiger partial charge in [-0.05, 0) is 30.7 Å². The highest BCUT2D eigenvalue weighted by Gasteiger charge is 2.25. The molecule has 3 heterocycles. The van der Waals surface area contributed by atoms with Crippen molar-refractivity contribution in [1.82, 2.24) is 9.97 Å².